The second-order valence-electron chi connectivity index (χ2n) is 7.69. The third-order valence-corrected chi connectivity index (χ3v) is 6.46. The van der Waals surface area contributed by atoms with E-state index in [1.165, 1.54) is 0 Å². The molecule has 2 N–H and O–H groups in total. The molecule has 2 aromatic heterocycles. The number of rotatable bonds is 12. The lowest BCUT2D eigenvalue weighted by Crippen LogP contribution is -2.02. The highest BCUT2D eigenvalue weighted by Crippen LogP contribution is 2.39. The van der Waals surface area contributed by atoms with Crippen molar-refractivity contribution in [3.63, 3.8) is 0 Å². The molecule has 0 aliphatic carbocycles. The van der Waals surface area contributed by atoms with Crippen molar-refractivity contribution in [1.82, 2.24) is 15.0 Å². The first-order valence-corrected chi connectivity index (χ1v) is 12.7. The lowest BCUT2D eigenvalue weighted by molar-refractivity contribution is 0.172. The maximum Gasteiger partial charge on any atom is 0.227 e. The van der Waals surface area contributed by atoms with Crippen LogP contribution < -0.4 is 20.1 Å². The van der Waals surface area contributed by atoms with Crippen LogP contribution in [0.2, 0.25) is 5.02 Å². The predicted octanol–water partition coefficient (Wildman–Crippen LogP) is 6.52. The maximum atomic E-state index is 6.42. The van der Waals surface area contributed by atoms with Crippen LogP contribution in [-0.4, -0.2) is 48.9 Å². The summed E-state index contributed by atoms with van der Waals surface area (Å²) in [6.45, 7) is 3.99. The van der Waals surface area contributed by atoms with Crippen LogP contribution in [0, 0.1) is 0 Å². The molecule has 0 aliphatic heterocycles. The quantitative estimate of drug-likeness (QED) is 0.202. The summed E-state index contributed by atoms with van der Waals surface area (Å²) in [7, 11) is 3.32. The first kappa shape index (κ1) is 25.7. The highest BCUT2D eigenvalue weighted by molar-refractivity contribution is 7.19. The van der Waals surface area contributed by atoms with E-state index in [0.717, 1.165) is 51.4 Å². The SMILES string of the molecule is CCNc1nc(-c2cccc(OC)c2)c(-c2ccnc(Nc3ccc(OCCCOC)c(Cl)c3)n2)s1. The van der Waals surface area contributed by atoms with Crippen molar-refractivity contribution in [3.8, 4) is 33.3 Å². The lowest BCUT2D eigenvalue weighted by Gasteiger charge is -2.11. The average Bonchev–Trinajstić information content (AvgIpc) is 3.32. The predicted molar refractivity (Wildman–Crippen MR) is 146 cm³/mol. The van der Waals surface area contributed by atoms with E-state index < -0.39 is 0 Å². The molecule has 0 atom stereocenters. The summed E-state index contributed by atoms with van der Waals surface area (Å²) in [5, 5.41) is 7.87. The molecule has 0 unspecified atom stereocenters. The Balaban J connectivity index is 1.58. The Morgan fingerprint density at radius 3 is 2.69 bits per heavy atom. The highest BCUT2D eigenvalue weighted by atomic mass is 35.5. The molecule has 4 rings (SSSR count). The van der Waals surface area contributed by atoms with Crippen molar-refractivity contribution < 1.29 is 14.2 Å². The van der Waals surface area contributed by atoms with Gasteiger partial charge in [-0.05, 0) is 43.3 Å². The first-order valence-electron chi connectivity index (χ1n) is 11.5. The number of nitrogens with zero attached hydrogens (tertiary/aromatic N) is 3. The molecule has 0 saturated heterocycles. The summed E-state index contributed by atoms with van der Waals surface area (Å²) in [4.78, 5) is 14.9. The van der Waals surface area contributed by atoms with Gasteiger partial charge in [0, 0.05) is 44.1 Å². The van der Waals surface area contributed by atoms with Gasteiger partial charge in [-0.15, -0.1) is 0 Å². The van der Waals surface area contributed by atoms with Gasteiger partial charge in [0.1, 0.15) is 11.5 Å². The number of halogens is 1. The molecule has 8 nitrogen and oxygen atoms in total. The summed E-state index contributed by atoms with van der Waals surface area (Å²) in [6.07, 6.45) is 2.51. The number of thiazole rings is 1. The van der Waals surface area contributed by atoms with Crippen LogP contribution in [0.4, 0.5) is 16.8 Å². The van der Waals surface area contributed by atoms with E-state index in [0.29, 0.717) is 29.9 Å². The Kier molecular flexibility index (Phi) is 8.94. The van der Waals surface area contributed by atoms with E-state index >= 15 is 0 Å². The number of hydrogen-bond donors (Lipinski definition) is 2. The molecule has 0 fully saturated rings. The van der Waals surface area contributed by atoms with Crippen molar-refractivity contribution in [1.29, 1.82) is 0 Å². The van der Waals surface area contributed by atoms with Crippen molar-refractivity contribution in [3.05, 3.63) is 59.8 Å². The number of hydrogen-bond acceptors (Lipinski definition) is 9. The van der Waals surface area contributed by atoms with Crippen LogP contribution in [-0.2, 0) is 4.74 Å². The number of nitrogens with one attached hydrogen (secondary N) is 2. The molecule has 0 saturated carbocycles. The fourth-order valence-electron chi connectivity index (χ4n) is 3.44. The van der Waals surface area contributed by atoms with Crippen molar-refractivity contribution in [2.24, 2.45) is 0 Å². The minimum absolute atomic E-state index is 0.451. The molecule has 0 bridgehead atoms. The van der Waals surface area contributed by atoms with Gasteiger partial charge in [-0.25, -0.2) is 15.0 Å². The zero-order valence-corrected chi connectivity index (χ0v) is 21.9. The molecule has 2 heterocycles. The summed E-state index contributed by atoms with van der Waals surface area (Å²) < 4.78 is 16.2. The maximum absolute atomic E-state index is 6.42. The Hall–Kier alpha value is -3.40. The number of methoxy groups -OCH3 is 2. The van der Waals surface area contributed by atoms with Gasteiger partial charge in [0.05, 0.1) is 35.0 Å². The molecular formula is C26H28ClN5O3S. The van der Waals surface area contributed by atoms with Gasteiger partial charge in [0.2, 0.25) is 5.95 Å². The fraction of sp³-hybridized carbons (Fsp3) is 0.269. The monoisotopic (exact) mass is 525 g/mol. The van der Waals surface area contributed by atoms with E-state index in [1.807, 2.05) is 49.4 Å². The highest BCUT2D eigenvalue weighted by Gasteiger charge is 2.17. The third kappa shape index (κ3) is 6.42. The number of aromatic nitrogens is 3. The van der Waals surface area contributed by atoms with Gasteiger partial charge >= 0.3 is 0 Å². The largest absolute Gasteiger partial charge is 0.497 e. The number of benzene rings is 2. The van der Waals surface area contributed by atoms with E-state index in [-0.39, 0.29) is 0 Å². The molecule has 0 amide bonds. The standard InChI is InChI=1S/C26H28ClN5O3S/c1-4-28-26-32-23(17-7-5-8-19(15-17)34-3)24(36-26)21-11-12-29-25(31-21)30-18-9-10-22(20(27)16-18)35-14-6-13-33-2/h5,7-12,15-16H,4,6,13-14H2,1-3H3,(H,28,32)(H,29,30,31). The summed E-state index contributed by atoms with van der Waals surface area (Å²) >= 11 is 7.97. The fourth-order valence-corrected chi connectivity index (χ4v) is 4.70. The molecule has 188 valence electrons. The molecule has 0 spiro atoms. The molecule has 10 heteroatoms. The molecule has 2 aromatic carbocycles. The van der Waals surface area contributed by atoms with Gasteiger partial charge in [0.25, 0.3) is 0 Å². The summed E-state index contributed by atoms with van der Waals surface area (Å²) in [5.41, 5.74) is 3.30. The van der Waals surface area contributed by atoms with E-state index in [9.17, 15) is 0 Å². The van der Waals surface area contributed by atoms with E-state index in [2.05, 4.69) is 15.6 Å². The molecule has 0 radical (unpaired) electrons. The van der Waals surface area contributed by atoms with E-state index in [4.69, 9.17) is 35.8 Å². The normalized spacial score (nSPS) is 10.8. The average molecular weight is 526 g/mol. The van der Waals surface area contributed by atoms with Crippen molar-refractivity contribution in [2.45, 2.75) is 13.3 Å². The topological polar surface area (TPSA) is 90.4 Å². The lowest BCUT2D eigenvalue weighted by atomic mass is 10.1. The van der Waals surface area contributed by atoms with Crippen molar-refractivity contribution >= 4 is 39.7 Å². The van der Waals surface area contributed by atoms with Crippen LogP contribution >= 0.6 is 22.9 Å². The summed E-state index contributed by atoms with van der Waals surface area (Å²) in [5.74, 6) is 1.84. The first-order chi connectivity index (χ1) is 17.6. The minimum atomic E-state index is 0.451. The van der Waals surface area contributed by atoms with Crippen LogP contribution in [0.15, 0.2) is 54.7 Å². The molecule has 36 heavy (non-hydrogen) atoms. The van der Waals surface area contributed by atoms with Crippen LogP contribution in [0.25, 0.3) is 21.8 Å². The zero-order valence-electron chi connectivity index (χ0n) is 20.4. The summed E-state index contributed by atoms with van der Waals surface area (Å²) in [6, 6.07) is 15.2. The smallest absolute Gasteiger partial charge is 0.227 e. The Morgan fingerprint density at radius 2 is 1.92 bits per heavy atom. The van der Waals surface area contributed by atoms with Crippen LogP contribution in [0.1, 0.15) is 13.3 Å². The van der Waals surface area contributed by atoms with Gasteiger partial charge in [-0.1, -0.05) is 35.1 Å². The van der Waals surface area contributed by atoms with Gasteiger partial charge in [0.15, 0.2) is 5.13 Å². The number of anilines is 3. The number of ether oxygens (including phenoxy) is 3. The zero-order chi connectivity index (χ0) is 25.3. The Morgan fingerprint density at radius 1 is 1.03 bits per heavy atom. The van der Waals surface area contributed by atoms with Crippen LogP contribution in [0.3, 0.4) is 0 Å². The minimum Gasteiger partial charge on any atom is -0.497 e. The Bertz CT molecular complexity index is 1300. The van der Waals surface area contributed by atoms with Crippen molar-refractivity contribution in [2.75, 3.05) is 44.6 Å². The second-order valence-corrected chi connectivity index (χ2v) is 9.10. The molecule has 0 aliphatic rings. The van der Waals surface area contributed by atoms with Gasteiger partial charge < -0.3 is 24.8 Å². The van der Waals surface area contributed by atoms with Crippen LogP contribution in [0.5, 0.6) is 11.5 Å². The molecular weight excluding hydrogens is 498 g/mol. The molecule has 4 aromatic rings. The van der Waals surface area contributed by atoms with E-state index in [1.54, 1.807) is 37.8 Å². The third-order valence-electron chi connectivity index (χ3n) is 5.12. The Labute approximate surface area is 219 Å². The van der Waals surface area contributed by atoms with Gasteiger partial charge in [-0.3, -0.25) is 0 Å². The van der Waals surface area contributed by atoms with Gasteiger partial charge in [-0.2, -0.15) is 0 Å². The second kappa shape index (κ2) is 12.5.